The van der Waals surface area contributed by atoms with E-state index in [9.17, 15) is 0 Å². The zero-order chi connectivity index (χ0) is 17.1. The normalized spacial score (nSPS) is 22.3. The van der Waals surface area contributed by atoms with Crippen LogP contribution in [0.3, 0.4) is 0 Å². The molecule has 0 amide bonds. The number of benzene rings is 2. The van der Waals surface area contributed by atoms with E-state index in [1.165, 1.54) is 38.7 Å². The Hall–Kier alpha value is -2.15. The Morgan fingerprint density at radius 3 is 2.54 bits per heavy atom. The molecule has 0 saturated heterocycles. The molecule has 0 saturated carbocycles. The Kier molecular flexibility index (Phi) is 3.32. The predicted molar refractivity (Wildman–Crippen MR) is 101 cm³/mol. The maximum Gasteiger partial charge on any atom is 0.213 e. The average Bonchev–Trinajstić information content (AvgIpc) is 2.60. The SMILES string of the molecule is CCC1(C)c2ccc3ccccc3c2-c2cc(C)c(C)c[n+]2C1C. The van der Waals surface area contributed by atoms with Crippen LogP contribution in [0.5, 0.6) is 0 Å². The second-order valence-electron chi connectivity index (χ2n) is 7.59. The molecule has 2 aromatic carbocycles. The summed E-state index contributed by atoms with van der Waals surface area (Å²) < 4.78 is 2.51. The van der Waals surface area contributed by atoms with Crippen molar-refractivity contribution in [2.24, 2.45) is 0 Å². The van der Waals surface area contributed by atoms with Gasteiger partial charge in [-0.25, -0.2) is 0 Å². The van der Waals surface area contributed by atoms with Crippen LogP contribution in [0.4, 0.5) is 0 Å². The van der Waals surface area contributed by atoms with Crippen LogP contribution in [0.25, 0.3) is 22.0 Å². The number of aryl methyl sites for hydroxylation is 2. The van der Waals surface area contributed by atoms with Crippen molar-refractivity contribution in [1.82, 2.24) is 0 Å². The average molecular weight is 316 g/mol. The van der Waals surface area contributed by atoms with Crippen LogP contribution in [0.15, 0.2) is 48.7 Å². The van der Waals surface area contributed by atoms with Crippen molar-refractivity contribution in [3.63, 3.8) is 0 Å². The minimum atomic E-state index is 0.152. The van der Waals surface area contributed by atoms with Gasteiger partial charge in [-0.3, -0.25) is 0 Å². The van der Waals surface area contributed by atoms with Crippen molar-refractivity contribution in [3.05, 3.63) is 65.4 Å². The van der Waals surface area contributed by atoms with Gasteiger partial charge in [0.2, 0.25) is 5.69 Å². The quantitative estimate of drug-likeness (QED) is 0.510. The molecule has 0 spiro atoms. The molecule has 0 aliphatic carbocycles. The molecule has 2 atom stereocenters. The van der Waals surface area contributed by atoms with Gasteiger partial charge in [0.15, 0.2) is 12.2 Å². The van der Waals surface area contributed by atoms with Gasteiger partial charge in [-0.2, -0.15) is 4.57 Å². The predicted octanol–water partition coefficient (Wildman–Crippen LogP) is 5.65. The fourth-order valence-corrected chi connectivity index (χ4v) is 4.34. The summed E-state index contributed by atoms with van der Waals surface area (Å²) in [6, 6.07) is 16.3. The largest absolute Gasteiger partial charge is 0.213 e. The first-order valence-corrected chi connectivity index (χ1v) is 9.02. The van der Waals surface area contributed by atoms with Gasteiger partial charge in [0.25, 0.3) is 0 Å². The summed E-state index contributed by atoms with van der Waals surface area (Å²) in [6.07, 6.45) is 3.49. The molecule has 0 bridgehead atoms. The number of aromatic nitrogens is 1. The minimum Gasteiger partial charge on any atom is -0.195 e. The Morgan fingerprint density at radius 2 is 1.79 bits per heavy atom. The van der Waals surface area contributed by atoms with E-state index < -0.39 is 0 Å². The summed E-state index contributed by atoms with van der Waals surface area (Å²) >= 11 is 0. The van der Waals surface area contributed by atoms with Crippen molar-refractivity contribution in [1.29, 1.82) is 0 Å². The van der Waals surface area contributed by atoms with Crippen LogP contribution < -0.4 is 4.57 Å². The van der Waals surface area contributed by atoms with E-state index in [-0.39, 0.29) is 5.41 Å². The van der Waals surface area contributed by atoms with E-state index in [0.29, 0.717) is 6.04 Å². The van der Waals surface area contributed by atoms with Crippen LogP contribution in [-0.4, -0.2) is 0 Å². The third kappa shape index (κ3) is 1.90. The summed E-state index contributed by atoms with van der Waals surface area (Å²) in [6.45, 7) is 11.6. The summed E-state index contributed by atoms with van der Waals surface area (Å²) in [5.74, 6) is 0. The maximum absolute atomic E-state index is 2.51. The van der Waals surface area contributed by atoms with E-state index in [4.69, 9.17) is 0 Å². The first-order valence-electron chi connectivity index (χ1n) is 9.02. The lowest BCUT2D eigenvalue weighted by molar-refractivity contribution is -0.721. The molecular weight excluding hydrogens is 290 g/mol. The van der Waals surface area contributed by atoms with Crippen molar-refractivity contribution < 1.29 is 4.57 Å². The number of hydrogen-bond donors (Lipinski definition) is 0. The van der Waals surface area contributed by atoms with Gasteiger partial charge >= 0.3 is 0 Å². The number of hydrogen-bond acceptors (Lipinski definition) is 0. The third-order valence-corrected chi connectivity index (χ3v) is 6.46. The lowest BCUT2D eigenvalue weighted by Gasteiger charge is -2.38. The summed E-state index contributed by atoms with van der Waals surface area (Å²) in [5.41, 5.74) is 7.18. The molecule has 1 heteroatoms. The van der Waals surface area contributed by atoms with Gasteiger partial charge in [-0.1, -0.05) is 43.3 Å². The standard InChI is InChI=1S/C23H26N/c1-6-23(5)17(4)24-14-16(3)15(2)13-21(24)22-19-10-8-7-9-18(19)11-12-20(22)23/h7-14,17H,6H2,1-5H3/q+1. The molecule has 1 aliphatic heterocycles. The molecule has 4 rings (SSSR count). The Balaban J connectivity index is 2.19. The summed E-state index contributed by atoms with van der Waals surface area (Å²) in [5, 5.41) is 2.70. The van der Waals surface area contributed by atoms with Crippen LogP contribution in [0, 0.1) is 13.8 Å². The topological polar surface area (TPSA) is 3.88 Å². The smallest absolute Gasteiger partial charge is 0.195 e. The van der Waals surface area contributed by atoms with Gasteiger partial charge in [0, 0.05) is 11.6 Å². The Labute approximate surface area is 145 Å². The van der Waals surface area contributed by atoms with E-state index >= 15 is 0 Å². The van der Waals surface area contributed by atoms with Crippen molar-refractivity contribution in [2.75, 3.05) is 0 Å². The molecule has 122 valence electrons. The second-order valence-corrected chi connectivity index (χ2v) is 7.59. The van der Waals surface area contributed by atoms with Gasteiger partial charge < -0.3 is 0 Å². The number of nitrogens with zero attached hydrogens (tertiary/aromatic N) is 1. The monoisotopic (exact) mass is 316 g/mol. The molecule has 1 aliphatic rings. The molecule has 3 aromatic rings. The number of pyridine rings is 1. The molecule has 1 nitrogen and oxygen atoms in total. The molecule has 24 heavy (non-hydrogen) atoms. The highest BCUT2D eigenvalue weighted by Gasteiger charge is 2.46. The zero-order valence-electron chi connectivity index (χ0n) is 15.4. The van der Waals surface area contributed by atoms with E-state index in [0.717, 1.165) is 6.42 Å². The highest BCUT2D eigenvalue weighted by Crippen LogP contribution is 2.47. The molecular formula is C23H26N+. The number of fused-ring (bicyclic) bond motifs is 5. The molecule has 2 heterocycles. The van der Waals surface area contributed by atoms with Crippen molar-refractivity contribution in [2.45, 2.75) is 52.5 Å². The zero-order valence-corrected chi connectivity index (χ0v) is 15.4. The lowest BCUT2D eigenvalue weighted by atomic mass is 9.68. The van der Waals surface area contributed by atoms with Gasteiger partial charge in [0.05, 0.1) is 11.0 Å². The minimum absolute atomic E-state index is 0.152. The first-order chi connectivity index (χ1) is 11.5. The third-order valence-electron chi connectivity index (χ3n) is 6.46. The number of rotatable bonds is 1. The van der Waals surface area contributed by atoms with Crippen molar-refractivity contribution in [3.8, 4) is 11.3 Å². The maximum atomic E-state index is 2.51. The molecule has 0 N–H and O–H groups in total. The summed E-state index contributed by atoms with van der Waals surface area (Å²) in [7, 11) is 0. The fraction of sp³-hybridized carbons (Fsp3) is 0.348. The highest BCUT2D eigenvalue weighted by molar-refractivity contribution is 5.97. The van der Waals surface area contributed by atoms with Crippen LogP contribution in [-0.2, 0) is 5.41 Å². The van der Waals surface area contributed by atoms with Crippen LogP contribution in [0.1, 0.15) is 49.9 Å². The van der Waals surface area contributed by atoms with Gasteiger partial charge in [-0.05, 0) is 56.0 Å². The van der Waals surface area contributed by atoms with Crippen molar-refractivity contribution >= 4 is 10.8 Å². The Bertz CT molecular complexity index is 954. The molecule has 2 unspecified atom stereocenters. The van der Waals surface area contributed by atoms with E-state index in [2.05, 4.69) is 87.8 Å². The molecule has 1 aromatic heterocycles. The summed E-state index contributed by atoms with van der Waals surface area (Å²) in [4.78, 5) is 0. The highest BCUT2D eigenvalue weighted by atomic mass is 15.0. The van der Waals surface area contributed by atoms with E-state index in [1.54, 1.807) is 0 Å². The molecule has 0 fully saturated rings. The fourth-order valence-electron chi connectivity index (χ4n) is 4.34. The lowest BCUT2D eigenvalue weighted by Crippen LogP contribution is -2.53. The van der Waals surface area contributed by atoms with Crippen LogP contribution in [0.2, 0.25) is 0 Å². The van der Waals surface area contributed by atoms with Crippen LogP contribution >= 0.6 is 0 Å². The first kappa shape index (κ1) is 15.4. The van der Waals surface area contributed by atoms with Gasteiger partial charge in [-0.15, -0.1) is 0 Å². The van der Waals surface area contributed by atoms with Gasteiger partial charge in [0.1, 0.15) is 0 Å². The molecule has 0 radical (unpaired) electrons. The Morgan fingerprint density at radius 1 is 1.04 bits per heavy atom. The van der Waals surface area contributed by atoms with E-state index in [1.807, 2.05) is 0 Å². The second kappa shape index (κ2) is 5.17.